The molecule has 0 aliphatic heterocycles. The lowest BCUT2D eigenvalue weighted by Gasteiger charge is -2.12. The van der Waals surface area contributed by atoms with Gasteiger partial charge < -0.3 is 10.5 Å². The number of nitrogens with zero attached hydrogens (tertiary/aromatic N) is 3. The van der Waals surface area contributed by atoms with E-state index in [1.165, 1.54) is 0 Å². The molecule has 0 radical (unpaired) electrons. The molecule has 0 unspecified atom stereocenters. The van der Waals surface area contributed by atoms with Crippen molar-refractivity contribution in [2.45, 2.75) is 6.92 Å². The van der Waals surface area contributed by atoms with Crippen molar-refractivity contribution in [3.8, 4) is 28.4 Å². The standard InChI is InChI=1S/C25H17F2N5O3/c1-13-9-21(14-5-3-2-4-6-14)29-20-8-7-16(12-17(13)20)35-22-18(26)10-15(11-19(22)27)32-25(34)30-24(33)23(28)31-32/h2-12H,1H3,(H2,28,31)(H,30,33,34). The summed E-state index contributed by atoms with van der Waals surface area (Å²) >= 11 is 0. The Balaban J connectivity index is 1.50. The Hall–Kier alpha value is -4.86. The van der Waals surface area contributed by atoms with Gasteiger partial charge in [-0.3, -0.25) is 9.78 Å². The van der Waals surface area contributed by atoms with Gasteiger partial charge in [0.05, 0.1) is 16.9 Å². The van der Waals surface area contributed by atoms with E-state index in [4.69, 9.17) is 10.5 Å². The summed E-state index contributed by atoms with van der Waals surface area (Å²) in [7, 11) is 0. The van der Waals surface area contributed by atoms with Crippen LogP contribution >= 0.6 is 0 Å². The predicted octanol–water partition coefficient (Wildman–Crippen LogP) is 4.10. The lowest BCUT2D eigenvalue weighted by atomic mass is 10.0. The molecular weight excluding hydrogens is 456 g/mol. The molecule has 3 aromatic carbocycles. The van der Waals surface area contributed by atoms with Crippen molar-refractivity contribution in [3.05, 3.63) is 105 Å². The number of ether oxygens (including phenoxy) is 1. The maximum atomic E-state index is 14.8. The zero-order valence-electron chi connectivity index (χ0n) is 18.3. The monoisotopic (exact) mass is 473 g/mol. The van der Waals surface area contributed by atoms with E-state index < -0.39 is 34.5 Å². The molecule has 0 aliphatic rings. The smallest absolute Gasteiger partial charge is 0.349 e. The molecule has 0 saturated heterocycles. The highest BCUT2D eigenvalue weighted by Gasteiger charge is 2.17. The molecule has 10 heteroatoms. The maximum Gasteiger partial charge on any atom is 0.349 e. The van der Waals surface area contributed by atoms with E-state index >= 15 is 0 Å². The molecule has 8 nitrogen and oxygen atoms in total. The van der Waals surface area contributed by atoms with Crippen LogP contribution in [0.1, 0.15) is 5.56 Å². The summed E-state index contributed by atoms with van der Waals surface area (Å²) in [5, 5.41) is 4.33. The van der Waals surface area contributed by atoms with Crippen LogP contribution in [0.15, 0.2) is 76.3 Å². The summed E-state index contributed by atoms with van der Waals surface area (Å²) in [5.74, 6) is -3.14. The molecule has 0 fully saturated rings. The fourth-order valence-electron chi connectivity index (χ4n) is 3.67. The van der Waals surface area contributed by atoms with Crippen molar-refractivity contribution in [2.24, 2.45) is 0 Å². The zero-order valence-corrected chi connectivity index (χ0v) is 18.3. The van der Waals surface area contributed by atoms with Gasteiger partial charge >= 0.3 is 5.69 Å². The third-order valence-electron chi connectivity index (χ3n) is 5.36. The Morgan fingerprint density at radius 3 is 2.40 bits per heavy atom. The Kier molecular flexibility index (Phi) is 5.33. The Morgan fingerprint density at radius 2 is 1.69 bits per heavy atom. The minimum atomic E-state index is -1.08. The van der Waals surface area contributed by atoms with Crippen molar-refractivity contribution in [1.29, 1.82) is 0 Å². The van der Waals surface area contributed by atoms with E-state index in [0.717, 1.165) is 34.3 Å². The first-order chi connectivity index (χ1) is 16.8. The average Bonchev–Trinajstić information content (AvgIpc) is 2.84. The zero-order chi connectivity index (χ0) is 24.7. The van der Waals surface area contributed by atoms with Crippen LogP contribution < -0.4 is 21.7 Å². The highest BCUT2D eigenvalue weighted by Crippen LogP contribution is 2.32. The third-order valence-corrected chi connectivity index (χ3v) is 5.36. The lowest BCUT2D eigenvalue weighted by molar-refractivity contribution is 0.407. The van der Waals surface area contributed by atoms with E-state index in [9.17, 15) is 18.4 Å². The molecule has 5 rings (SSSR count). The van der Waals surface area contributed by atoms with Gasteiger partial charge in [0, 0.05) is 23.1 Å². The fourth-order valence-corrected chi connectivity index (χ4v) is 3.67. The maximum absolute atomic E-state index is 14.8. The number of nitrogen functional groups attached to an aromatic ring is 1. The molecule has 5 aromatic rings. The number of anilines is 1. The molecule has 35 heavy (non-hydrogen) atoms. The molecule has 0 saturated carbocycles. The van der Waals surface area contributed by atoms with Gasteiger partial charge in [-0.05, 0) is 36.8 Å². The number of rotatable bonds is 4. The van der Waals surface area contributed by atoms with Crippen molar-refractivity contribution >= 4 is 16.7 Å². The second-order valence-electron chi connectivity index (χ2n) is 7.77. The van der Waals surface area contributed by atoms with Gasteiger partial charge in [-0.15, -0.1) is 5.10 Å². The SMILES string of the molecule is Cc1cc(-c2ccccc2)nc2ccc(Oc3c(F)cc(-n4nc(N)c(=O)[nH]c4=O)cc3F)cc12. The second kappa shape index (κ2) is 8.49. The number of H-pyrrole nitrogens is 1. The number of nitrogens with two attached hydrogens (primary N) is 1. The topological polar surface area (TPSA) is 116 Å². The number of hydrogen-bond donors (Lipinski definition) is 2. The molecule has 0 bridgehead atoms. The summed E-state index contributed by atoms with van der Waals surface area (Å²) in [6, 6.07) is 18.3. The van der Waals surface area contributed by atoms with Crippen LogP contribution in [-0.2, 0) is 0 Å². The average molecular weight is 473 g/mol. The minimum Gasteiger partial charge on any atom is -0.451 e. The molecule has 174 valence electrons. The largest absolute Gasteiger partial charge is 0.451 e. The molecule has 3 N–H and O–H groups in total. The van der Waals surface area contributed by atoms with Gasteiger partial charge in [-0.2, -0.15) is 4.68 Å². The van der Waals surface area contributed by atoms with Gasteiger partial charge in [0.1, 0.15) is 5.75 Å². The van der Waals surface area contributed by atoms with Gasteiger partial charge in [0.2, 0.25) is 5.82 Å². The van der Waals surface area contributed by atoms with E-state index in [2.05, 4.69) is 10.1 Å². The molecule has 0 spiro atoms. The highest BCUT2D eigenvalue weighted by molar-refractivity contribution is 5.86. The number of fused-ring (bicyclic) bond motifs is 1. The fraction of sp³-hybridized carbons (Fsp3) is 0.0400. The summed E-state index contributed by atoms with van der Waals surface area (Å²) in [6.07, 6.45) is 0. The molecule has 0 aliphatic carbocycles. The van der Waals surface area contributed by atoms with Crippen LogP contribution in [0.3, 0.4) is 0 Å². The Labute approximate surface area is 196 Å². The van der Waals surface area contributed by atoms with E-state index in [-0.39, 0.29) is 11.4 Å². The number of halogens is 2. The first-order valence-corrected chi connectivity index (χ1v) is 10.4. The third kappa shape index (κ3) is 4.12. The minimum absolute atomic E-state index is 0.198. The number of nitrogens with one attached hydrogen (secondary N) is 1. The summed E-state index contributed by atoms with van der Waals surface area (Å²) in [6.45, 7) is 1.91. The van der Waals surface area contributed by atoms with Gasteiger partial charge in [0.25, 0.3) is 5.56 Å². The first-order valence-electron chi connectivity index (χ1n) is 10.4. The number of aromatic amines is 1. The van der Waals surface area contributed by atoms with Crippen LogP contribution in [-0.4, -0.2) is 19.7 Å². The van der Waals surface area contributed by atoms with Crippen molar-refractivity contribution in [2.75, 3.05) is 5.73 Å². The predicted molar refractivity (Wildman–Crippen MR) is 127 cm³/mol. The molecular formula is C25H17F2N5O3. The molecule has 2 heterocycles. The van der Waals surface area contributed by atoms with Crippen LogP contribution in [0.4, 0.5) is 14.6 Å². The lowest BCUT2D eigenvalue weighted by Crippen LogP contribution is -2.33. The quantitative estimate of drug-likeness (QED) is 0.406. The normalized spacial score (nSPS) is 11.1. The highest BCUT2D eigenvalue weighted by atomic mass is 19.1. The summed E-state index contributed by atoms with van der Waals surface area (Å²) in [5.41, 5.74) is 6.63. The molecule has 2 aromatic heterocycles. The summed E-state index contributed by atoms with van der Waals surface area (Å²) in [4.78, 5) is 30.0. The number of hydrogen-bond acceptors (Lipinski definition) is 6. The number of aryl methyl sites for hydroxylation is 1. The van der Waals surface area contributed by atoms with Crippen LogP contribution in [0, 0.1) is 18.6 Å². The Bertz CT molecular complexity index is 1690. The number of benzene rings is 3. The molecule has 0 atom stereocenters. The van der Waals surface area contributed by atoms with Crippen molar-refractivity contribution < 1.29 is 13.5 Å². The molecule has 0 amide bonds. The Morgan fingerprint density at radius 1 is 0.971 bits per heavy atom. The van der Waals surface area contributed by atoms with Gasteiger partial charge in [0.15, 0.2) is 17.4 Å². The van der Waals surface area contributed by atoms with Crippen LogP contribution in [0.5, 0.6) is 11.5 Å². The van der Waals surface area contributed by atoms with Crippen LogP contribution in [0.25, 0.3) is 27.8 Å². The number of pyridine rings is 1. The second-order valence-corrected chi connectivity index (χ2v) is 7.77. The first kappa shape index (κ1) is 22.0. The van der Waals surface area contributed by atoms with Crippen LogP contribution in [0.2, 0.25) is 0 Å². The van der Waals surface area contributed by atoms with Gasteiger partial charge in [-0.1, -0.05) is 30.3 Å². The van der Waals surface area contributed by atoms with E-state index in [1.807, 2.05) is 48.3 Å². The van der Waals surface area contributed by atoms with Gasteiger partial charge in [-0.25, -0.2) is 18.6 Å². The van der Waals surface area contributed by atoms with E-state index in [1.54, 1.807) is 18.2 Å². The van der Waals surface area contributed by atoms with E-state index in [0.29, 0.717) is 10.2 Å². The van der Waals surface area contributed by atoms with Crippen molar-refractivity contribution in [1.82, 2.24) is 19.7 Å². The van der Waals surface area contributed by atoms with Crippen molar-refractivity contribution in [3.63, 3.8) is 0 Å². The number of aromatic nitrogens is 4. The summed E-state index contributed by atoms with van der Waals surface area (Å²) < 4.78 is 35.7.